The van der Waals surface area contributed by atoms with Gasteiger partial charge >= 0.3 is 5.97 Å². The molecule has 1 heterocycles. The second-order valence-corrected chi connectivity index (χ2v) is 12.0. The molecule has 214 valence electrons. The van der Waals surface area contributed by atoms with E-state index < -0.39 is 54.0 Å². The number of phenols is 2. The van der Waals surface area contributed by atoms with Crippen molar-refractivity contribution >= 4 is 23.7 Å². The lowest BCUT2D eigenvalue weighted by Crippen LogP contribution is -2.55. The fourth-order valence-corrected chi connectivity index (χ4v) is 6.68. The molecule has 0 aromatic heterocycles. The number of fused-ring (bicyclic) bond motifs is 2. The second-order valence-electron chi connectivity index (χ2n) is 12.0. The van der Waals surface area contributed by atoms with Gasteiger partial charge in [0.05, 0.1) is 6.42 Å². The normalized spacial score (nSPS) is 28.6. The lowest BCUT2D eigenvalue weighted by molar-refractivity contribution is -0.165. The number of primary amides is 1. The van der Waals surface area contributed by atoms with Crippen molar-refractivity contribution in [2.24, 2.45) is 22.5 Å². The van der Waals surface area contributed by atoms with Crippen molar-refractivity contribution in [1.29, 1.82) is 0 Å². The van der Waals surface area contributed by atoms with Crippen LogP contribution in [0.3, 0.4) is 0 Å². The number of aliphatic hydroxyl groups excluding tert-OH is 1. The van der Waals surface area contributed by atoms with E-state index in [9.17, 15) is 34.5 Å². The fourth-order valence-electron chi connectivity index (χ4n) is 6.68. The summed E-state index contributed by atoms with van der Waals surface area (Å²) >= 11 is 0. The van der Waals surface area contributed by atoms with Crippen molar-refractivity contribution < 1.29 is 39.2 Å². The molecule has 2 saturated carbocycles. The maximum Gasteiger partial charge on any atom is 0.329 e. The lowest BCUT2D eigenvalue weighted by atomic mass is 9.70. The first kappa shape index (κ1) is 28.7. The number of hydrogen-bond donors (Lipinski definition) is 5. The van der Waals surface area contributed by atoms with E-state index in [-0.39, 0.29) is 35.6 Å². The highest BCUT2D eigenvalue weighted by molar-refractivity contribution is 5.95. The quantitative estimate of drug-likeness (QED) is 0.226. The van der Waals surface area contributed by atoms with Crippen molar-refractivity contribution in [2.45, 2.75) is 90.0 Å². The molecule has 1 aliphatic heterocycles. The highest BCUT2D eigenvalue weighted by atomic mass is 16.5. The summed E-state index contributed by atoms with van der Waals surface area (Å²) in [7, 11) is 0. The van der Waals surface area contributed by atoms with Gasteiger partial charge in [-0.05, 0) is 61.1 Å². The Kier molecular flexibility index (Phi) is 7.84. The number of nitrogens with zero attached hydrogens (tertiary/aromatic N) is 1. The van der Waals surface area contributed by atoms with Crippen molar-refractivity contribution in [3.63, 3.8) is 0 Å². The molecule has 0 radical (unpaired) electrons. The van der Waals surface area contributed by atoms with Crippen LogP contribution in [-0.2, 0) is 30.3 Å². The number of benzene rings is 1. The largest absolute Gasteiger partial charge is 0.504 e. The Balaban J connectivity index is 1.42. The average molecular weight is 546 g/mol. The van der Waals surface area contributed by atoms with Crippen LogP contribution in [0.4, 0.5) is 0 Å². The Labute approximate surface area is 227 Å². The summed E-state index contributed by atoms with van der Waals surface area (Å²) in [6.07, 6.45) is 1.29. The standard InChI is InChI=1S/C28H39N3O8/c1-27(2)16-8-9-28(27,3)22(13-16)39-26(38)18-5-4-10-31(18)25(37)17(14-23(29)35)30-24(36)21(34)12-15-6-7-19(32)20(33)11-15/h6-7,11,16-18,21-22,32-34H,4-5,8-10,12-14H2,1-3H3,(H2,29,35)(H,30,36)/t16?,17?,18?,21?,22?,28-/m1/s1. The Hall–Kier alpha value is -3.34. The van der Waals surface area contributed by atoms with Gasteiger partial charge in [0.2, 0.25) is 17.7 Å². The molecule has 1 aromatic carbocycles. The summed E-state index contributed by atoms with van der Waals surface area (Å²) in [5.41, 5.74) is 5.64. The number of phenolic OH excluding ortho intramolecular Hbond substituents is 2. The molecule has 5 unspecified atom stereocenters. The van der Waals surface area contributed by atoms with E-state index >= 15 is 0 Å². The van der Waals surface area contributed by atoms with E-state index in [1.165, 1.54) is 23.1 Å². The molecule has 11 heteroatoms. The Bertz CT molecular complexity index is 1150. The highest BCUT2D eigenvalue weighted by Gasteiger charge is 2.63. The minimum absolute atomic E-state index is 0.0553. The first-order valence-electron chi connectivity index (χ1n) is 13.5. The summed E-state index contributed by atoms with van der Waals surface area (Å²) in [6, 6.07) is 1.65. The molecule has 4 rings (SSSR count). The third kappa shape index (κ3) is 5.41. The van der Waals surface area contributed by atoms with E-state index in [1.54, 1.807) is 0 Å². The first-order valence-corrected chi connectivity index (χ1v) is 13.5. The summed E-state index contributed by atoms with van der Waals surface area (Å²) < 4.78 is 6.02. The molecule has 1 saturated heterocycles. The Morgan fingerprint density at radius 1 is 1.15 bits per heavy atom. The topological polar surface area (TPSA) is 179 Å². The molecule has 1 aromatic rings. The number of esters is 1. The summed E-state index contributed by atoms with van der Waals surface area (Å²) in [5.74, 6) is -3.14. The van der Waals surface area contributed by atoms with Crippen molar-refractivity contribution in [1.82, 2.24) is 10.2 Å². The van der Waals surface area contributed by atoms with Crippen LogP contribution in [0.25, 0.3) is 0 Å². The monoisotopic (exact) mass is 545 g/mol. The van der Waals surface area contributed by atoms with Crippen LogP contribution < -0.4 is 11.1 Å². The number of carbonyl (C=O) groups excluding carboxylic acids is 4. The predicted octanol–water partition coefficient (Wildman–Crippen LogP) is 1.11. The van der Waals surface area contributed by atoms with Gasteiger partial charge in [-0.3, -0.25) is 14.4 Å². The van der Waals surface area contributed by atoms with Gasteiger partial charge in [-0.1, -0.05) is 26.8 Å². The number of nitrogens with two attached hydrogens (primary N) is 1. The van der Waals surface area contributed by atoms with Gasteiger partial charge in [0, 0.05) is 18.4 Å². The summed E-state index contributed by atoms with van der Waals surface area (Å²) in [4.78, 5) is 52.6. The number of hydrogen-bond acceptors (Lipinski definition) is 8. The highest BCUT2D eigenvalue weighted by Crippen LogP contribution is 2.66. The van der Waals surface area contributed by atoms with Gasteiger partial charge in [-0.2, -0.15) is 0 Å². The molecule has 3 aliphatic rings. The third-order valence-corrected chi connectivity index (χ3v) is 9.57. The molecule has 6 atom stereocenters. The molecule has 0 spiro atoms. The zero-order valence-electron chi connectivity index (χ0n) is 22.7. The van der Waals surface area contributed by atoms with Crippen LogP contribution in [0.15, 0.2) is 18.2 Å². The average Bonchev–Trinajstić information content (AvgIpc) is 3.49. The van der Waals surface area contributed by atoms with Gasteiger partial charge < -0.3 is 36.0 Å². The number of aromatic hydroxyl groups is 2. The number of nitrogens with one attached hydrogen (secondary N) is 1. The van der Waals surface area contributed by atoms with Gasteiger partial charge in [-0.25, -0.2) is 4.79 Å². The van der Waals surface area contributed by atoms with E-state index in [4.69, 9.17) is 10.5 Å². The summed E-state index contributed by atoms with van der Waals surface area (Å²) in [5, 5.41) is 31.9. The molecule has 2 bridgehead atoms. The molecule has 2 aliphatic carbocycles. The summed E-state index contributed by atoms with van der Waals surface area (Å²) in [6.45, 7) is 6.87. The number of likely N-dealkylation sites (tertiary alicyclic amines) is 1. The van der Waals surface area contributed by atoms with Crippen molar-refractivity contribution in [3.8, 4) is 11.5 Å². The van der Waals surface area contributed by atoms with Crippen LogP contribution in [0, 0.1) is 16.7 Å². The number of ether oxygens (including phenoxy) is 1. The maximum atomic E-state index is 13.5. The zero-order chi connectivity index (χ0) is 28.7. The molecule has 11 nitrogen and oxygen atoms in total. The second kappa shape index (κ2) is 10.7. The lowest BCUT2D eigenvalue weighted by Gasteiger charge is -2.39. The minimum Gasteiger partial charge on any atom is -0.504 e. The predicted molar refractivity (Wildman–Crippen MR) is 139 cm³/mol. The van der Waals surface area contributed by atoms with Crippen molar-refractivity contribution in [2.75, 3.05) is 6.54 Å². The van der Waals surface area contributed by atoms with Crippen LogP contribution in [0.5, 0.6) is 11.5 Å². The Morgan fingerprint density at radius 2 is 1.87 bits per heavy atom. The maximum absolute atomic E-state index is 13.5. The minimum atomic E-state index is -1.61. The number of aliphatic hydroxyl groups is 1. The van der Waals surface area contributed by atoms with Crippen LogP contribution in [0.2, 0.25) is 0 Å². The molecule has 6 N–H and O–H groups in total. The van der Waals surface area contributed by atoms with Crippen LogP contribution >= 0.6 is 0 Å². The molecule has 3 fully saturated rings. The number of carbonyl (C=O) groups is 4. The van der Waals surface area contributed by atoms with Gasteiger partial charge in [0.15, 0.2) is 11.5 Å². The molecular formula is C28H39N3O8. The fraction of sp³-hybridized carbons (Fsp3) is 0.643. The SMILES string of the molecule is CC1(C)C2CC[C@]1(C)C(OC(=O)C1CCCN1C(=O)C(CC(N)=O)NC(=O)C(O)Cc1ccc(O)c(O)c1)C2. The van der Waals surface area contributed by atoms with Gasteiger partial charge in [0.1, 0.15) is 24.3 Å². The zero-order valence-corrected chi connectivity index (χ0v) is 22.7. The first-order chi connectivity index (χ1) is 18.2. The third-order valence-electron chi connectivity index (χ3n) is 9.57. The van der Waals surface area contributed by atoms with Crippen LogP contribution in [-0.4, -0.2) is 74.7 Å². The molecule has 39 heavy (non-hydrogen) atoms. The van der Waals surface area contributed by atoms with Gasteiger partial charge in [-0.15, -0.1) is 0 Å². The van der Waals surface area contributed by atoms with Crippen LogP contribution in [0.1, 0.15) is 64.9 Å². The van der Waals surface area contributed by atoms with E-state index in [1.807, 2.05) is 0 Å². The van der Waals surface area contributed by atoms with E-state index in [0.29, 0.717) is 24.3 Å². The van der Waals surface area contributed by atoms with Crippen molar-refractivity contribution in [3.05, 3.63) is 23.8 Å². The Morgan fingerprint density at radius 3 is 2.46 bits per heavy atom. The van der Waals surface area contributed by atoms with E-state index in [2.05, 4.69) is 26.1 Å². The molecule has 3 amide bonds. The molecular weight excluding hydrogens is 506 g/mol. The van der Waals surface area contributed by atoms with E-state index in [0.717, 1.165) is 19.3 Å². The number of rotatable bonds is 9. The number of amides is 3. The smallest absolute Gasteiger partial charge is 0.329 e. The van der Waals surface area contributed by atoms with Gasteiger partial charge in [0.25, 0.3) is 0 Å².